The lowest BCUT2D eigenvalue weighted by Crippen LogP contribution is -2.41. The predicted molar refractivity (Wildman–Crippen MR) is 58.7 cm³/mol. The molecule has 0 aromatic carbocycles. The van der Waals surface area contributed by atoms with Gasteiger partial charge in [-0.15, -0.1) is 0 Å². The predicted octanol–water partition coefficient (Wildman–Crippen LogP) is 2.77. The van der Waals surface area contributed by atoms with E-state index in [9.17, 15) is 13.2 Å². The Morgan fingerprint density at radius 1 is 1.25 bits per heavy atom. The first-order valence-electron chi connectivity index (χ1n) is 5.51. The highest BCUT2D eigenvalue weighted by molar-refractivity contribution is 4.73. The topological polar surface area (TPSA) is 21.3 Å². The van der Waals surface area contributed by atoms with Gasteiger partial charge >= 0.3 is 0 Å². The molecule has 0 aliphatic rings. The molecule has 0 radical (unpaired) electrons. The van der Waals surface area contributed by atoms with E-state index in [0.717, 1.165) is 0 Å². The first kappa shape index (κ1) is 15.7. The number of halogens is 3. The Morgan fingerprint density at radius 3 is 2.25 bits per heavy atom. The smallest absolute Gasteiger partial charge is 0.270 e. The number of nitrogens with one attached hydrogen (secondary N) is 1. The molecule has 0 bridgehead atoms. The fourth-order valence-corrected chi connectivity index (χ4v) is 0.914. The van der Waals surface area contributed by atoms with Gasteiger partial charge in [0.25, 0.3) is 5.92 Å². The molecule has 0 spiro atoms. The van der Waals surface area contributed by atoms with Crippen molar-refractivity contribution in [3.8, 4) is 0 Å². The fraction of sp³-hybridized carbons (Fsp3) is 1.00. The molecule has 1 atom stereocenters. The van der Waals surface area contributed by atoms with E-state index in [2.05, 4.69) is 10.1 Å². The molecule has 5 heteroatoms. The molecule has 0 fully saturated rings. The molecule has 0 rings (SSSR count). The van der Waals surface area contributed by atoms with Gasteiger partial charge < -0.3 is 10.1 Å². The average Bonchev–Trinajstić information content (AvgIpc) is 2.13. The number of rotatable bonds is 7. The Kier molecular flexibility index (Phi) is 6.33. The molecule has 0 heterocycles. The van der Waals surface area contributed by atoms with E-state index in [1.165, 1.54) is 6.92 Å². The van der Waals surface area contributed by atoms with Crippen LogP contribution in [0.4, 0.5) is 13.2 Å². The summed E-state index contributed by atoms with van der Waals surface area (Å²) in [6, 6.07) is 0. The quantitative estimate of drug-likeness (QED) is 0.740. The highest BCUT2D eigenvalue weighted by atomic mass is 19.3. The minimum Gasteiger partial charge on any atom is -0.372 e. The van der Waals surface area contributed by atoms with Crippen LogP contribution in [0.15, 0.2) is 0 Å². The summed E-state index contributed by atoms with van der Waals surface area (Å²) in [5, 5.41) is 2.94. The maximum atomic E-state index is 13.2. The van der Waals surface area contributed by atoms with Gasteiger partial charge in [0.05, 0.1) is 6.61 Å². The number of ether oxygens (including phenoxy) is 1. The molecule has 98 valence electrons. The third-order valence-electron chi connectivity index (χ3n) is 1.98. The Hall–Kier alpha value is -0.290. The van der Waals surface area contributed by atoms with Crippen LogP contribution in [0.5, 0.6) is 0 Å². The van der Waals surface area contributed by atoms with E-state index in [0.29, 0.717) is 0 Å². The lowest BCUT2D eigenvalue weighted by molar-refractivity contribution is -0.0865. The first-order chi connectivity index (χ1) is 7.16. The van der Waals surface area contributed by atoms with Crippen LogP contribution in [0.1, 0.15) is 34.1 Å². The zero-order valence-electron chi connectivity index (χ0n) is 10.4. The van der Waals surface area contributed by atoms with E-state index in [1.807, 2.05) is 20.8 Å². The summed E-state index contributed by atoms with van der Waals surface area (Å²) in [4.78, 5) is 0. The average molecular weight is 241 g/mol. The van der Waals surface area contributed by atoms with Gasteiger partial charge in [-0.3, -0.25) is 0 Å². The van der Waals surface area contributed by atoms with Gasteiger partial charge in [-0.05, 0) is 20.8 Å². The molecule has 0 saturated carbocycles. The molecule has 0 aromatic heterocycles. The Morgan fingerprint density at radius 2 is 1.81 bits per heavy atom. The highest BCUT2D eigenvalue weighted by Crippen LogP contribution is 2.17. The van der Waals surface area contributed by atoms with Crippen LogP contribution in [0.2, 0.25) is 0 Å². The monoisotopic (exact) mass is 241 g/mol. The summed E-state index contributed by atoms with van der Waals surface area (Å²) in [6.07, 6.45) is -1.55. The second-order valence-corrected chi connectivity index (χ2v) is 4.95. The van der Waals surface area contributed by atoms with Gasteiger partial charge in [-0.2, -0.15) is 0 Å². The summed E-state index contributed by atoms with van der Waals surface area (Å²) in [7, 11) is 0. The van der Waals surface area contributed by atoms with Crippen molar-refractivity contribution in [2.75, 3.05) is 19.8 Å². The van der Waals surface area contributed by atoms with Crippen molar-refractivity contribution in [3.05, 3.63) is 0 Å². The van der Waals surface area contributed by atoms with E-state index >= 15 is 0 Å². The molecular weight excluding hydrogens is 219 g/mol. The van der Waals surface area contributed by atoms with E-state index in [1.54, 1.807) is 0 Å². The van der Waals surface area contributed by atoms with E-state index < -0.39 is 18.7 Å². The lowest BCUT2D eigenvalue weighted by atomic mass is 10.1. The molecule has 0 aliphatic carbocycles. The van der Waals surface area contributed by atoms with Crippen molar-refractivity contribution in [2.45, 2.75) is 51.7 Å². The normalized spacial score (nSPS) is 15.2. The largest absolute Gasteiger partial charge is 0.372 e. The minimum atomic E-state index is -2.85. The maximum absolute atomic E-state index is 13.2. The van der Waals surface area contributed by atoms with E-state index in [4.69, 9.17) is 0 Å². The van der Waals surface area contributed by atoms with Crippen LogP contribution < -0.4 is 5.32 Å². The molecule has 0 amide bonds. The fourth-order valence-electron chi connectivity index (χ4n) is 0.914. The molecule has 0 saturated heterocycles. The molecule has 16 heavy (non-hydrogen) atoms. The van der Waals surface area contributed by atoms with Crippen molar-refractivity contribution < 1.29 is 17.9 Å². The second-order valence-electron chi connectivity index (χ2n) is 4.95. The van der Waals surface area contributed by atoms with E-state index in [-0.39, 0.29) is 25.1 Å². The summed E-state index contributed by atoms with van der Waals surface area (Å²) in [5.74, 6) is -2.85. The zero-order valence-corrected chi connectivity index (χ0v) is 10.4. The van der Waals surface area contributed by atoms with Crippen molar-refractivity contribution >= 4 is 0 Å². The van der Waals surface area contributed by atoms with Crippen molar-refractivity contribution in [2.24, 2.45) is 0 Å². The van der Waals surface area contributed by atoms with Crippen LogP contribution in [0, 0.1) is 0 Å². The minimum absolute atomic E-state index is 0.112. The third kappa shape index (κ3) is 8.97. The molecule has 1 N–H and O–H groups in total. The van der Waals surface area contributed by atoms with Gasteiger partial charge in [0.1, 0.15) is 12.8 Å². The van der Waals surface area contributed by atoms with Crippen molar-refractivity contribution in [3.63, 3.8) is 0 Å². The Bertz CT molecular complexity index is 192. The highest BCUT2D eigenvalue weighted by Gasteiger charge is 2.26. The SMILES string of the molecule is CCC(F)(F)COCC(F)CNC(C)(C)C. The van der Waals surface area contributed by atoms with Gasteiger partial charge in [0.2, 0.25) is 0 Å². The van der Waals surface area contributed by atoms with Crippen LogP contribution in [-0.4, -0.2) is 37.4 Å². The molecular formula is C11H22F3NO. The zero-order chi connectivity index (χ0) is 12.8. The third-order valence-corrected chi connectivity index (χ3v) is 1.98. The maximum Gasteiger partial charge on any atom is 0.270 e. The van der Waals surface area contributed by atoms with Crippen LogP contribution in [0.3, 0.4) is 0 Å². The van der Waals surface area contributed by atoms with Gasteiger partial charge in [-0.1, -0.05) is 6.92 Å². The van der Waals surface area contributed by atoms with Crippen LogP contribution in [0.25, 0.3) is 0 Å². The van der Waals surface area contributed by atoms with Crippen molar-refractivity contribution in [1.82, 2.24) is 5.32 Å². The lowest BCUT2D eigenvalue weighted by Gasteiger charge is -2.22. The second kappa shape index (κ2) is 6.45. The van der Waals surface area contributed by atoms with Crippen molar-refractivity contribution in [1.29, 1.82) is 0 Å². The summed E-state index contributed by atoms with van der Waals surface area (Å²) >= 11 is 0. The number of alkyl halides is 3. The van der Waals surface area contributed by atoms with Gasteiger partial charge in [-0.25, -0.2) is 13.2 Å². The molecule has 1 unspecified atom stereocenters. The molecule has 2 nitrogen and oxygen atoms in total. The Labute approximate surface area is 95.5 Å². The number of hydrogen-bond acceptors (Lipinski definition) is 2. The van der Waals surface area contributed by atoms with Crippen LogP contribution in [-0.2, 0) is 4.74 Å². The van der Waals surface area contributed by atoms with Gasteiger partial charge in [0.15, 0.2) is 0 Å². The standard InChI is InChI=1S/C11H22F3NO/c1-5-11(13,14)8-16-7-9(12)6-15-10(2,3)4/h9,15H,5-8H2,1-4H3. The molecule has 0 aliphatic heterocycles. The molecule has 0 aromatic rings. The summed E-state index contributed by atoms with van der Waals surface area (Å²) < 4.78 is 43.3. The summed E-state index contributed by atoms with van der Waals surface area (Å²) in [5.41, 5.74) is -0.183. The van der Waals surface area contributed by atoms with Crippen LogP contribution >= 0.6 is 0 Å². The Balaban J connectivity index is 3.63. The first-order valence-corrected chi connectivity index (χ1v) is 5.51. The summed E-state index contributed by atoms with van der Waals surface area (Å²) in [6.45, 7) is 6.21. The van der Waals surface area contributed by atoms with Gasteiger partial charge in [0, 0.05) is 18.5 Å². The number of hydrogen-bond donors (Lipinski definition) is 1.